The summed E-state index contributed by atoms with van der Waals surface area (Å²) in [6, 6.07) is 9.37. The zero-order chi connectivity index (χ0) is 26.7. The van der Waals surface area contributed by atoms with E-state index in [9.17, 15) is 9.59 Å². The van der Waals surface area contributed by atoms with Crippen LogP contribution in [0, 0.1) is 11.3 Å². The lowest BCUT2D eigenvalue weighted by molar-refractivity contribution is -0.125. The molecule has 36 heavy (non-hydrogen) atoms. The van der Waals surface area contributed by atoms with Crippen LogP contribution < -0.4 is 15.4 Å². The van der Waals surface area contributed by atoms with E-state index in [0.717, 1.165) is 23.1 Å². The van der Waals surface area contributed by atoms with E-state index in [2.05, 4.69) is 15.6 Å². The molecule has 0 saturated carbocycles. The van der Waals surface area contributed by atoms with Crippen LogP contribution in [-0.2, 0) is 22.7 Å². The van der Waals surface area contributed by atoms with Crippen LogP contribution in [0.15, 0.2) is 36.5 Å². The van der Waals surface area contributed by atoms with Gasteiger partial charge < -0.3 is 15.0 Å². The Bertz CT molecular complexity index is 1140. The third-order valence-electron chi connectivity index (χ3n) is 5.37. The number of amides is 2. The summed E-state index contributed by atoms with van der Waals surface area (Å²) in [5.74, 6) is 0.863. The lowest BCUT2D eigenvalue weighted by atomic mass is 10.1. The minimum absolute atomic E-state index is 0.132. The van der Waals surface area contributed by atoms with E-state index in [1.807, 2.05) is 52.0 Å². The summed E-state index contributed by atoms with van der Waals surface area (Å²) >= 11 is 6.28. The zero-order valence-corrected chi connectivity index (χ0v) is 22.3. The van der Waals surface area contributed by atoms with Crippen molar-refractivity contribution in [3.8, 4) is 11.8 Å². The highest BCUT2D eigenvalue weighted by atomic mass is 35.5. The molecule has 0 aliphatic carbocycles. The number of nitrogens with one attached hydrogen (secondary N) is 2. The van der Waals surface area contributed by atoms with E-state index in [1.54, 1.807) is 30.3 Å². The topological polar surface area (TPSA) is 107 Å². The normalized spacial score (nSPS) is 14.0. The minimum Gasteiger partial charge on any atom is -0.492 e. The SMILES string of the molecule is CCC#N.CCCOc1c(Cl)cccc1CN(C)C(=O)/C=C/c1cnc2c(c1)CNC(C)(C)C(=O)N2. The van der Waals surface area contributed by atoms with Crippen LogP contribution in [0.2, 0.25) is 5.02 Å². The van der Waals surface area contributed by atoms with Crippen LogP contribution in [0.5, 0.6) is 5.75 Å². The van der Waals surface area contributed by atoms with Crippen molar-refractivity contribution in [2.24, 2.45) is 0 Å². The van der Waals surface area contributed by atoms with Crippen molar-refractivity contribution in [3.05, 3.63) is 58.3 Å². The van der Waals surface area contributed by atoms with E-state index < -0.39 is 5.54 Å². The molecule has 0 spiro atoms. The Kier molecular flexibility index (Phi) is 10.9. The molecule has 1 aliphatic rings. The number of fused-ring (bicyclic) bond motifs is 1. The number of hydrogen-bond acceptors (Lipinski definition) is 6. The second kappa shape index (κ2) is 13.6. The van der Waals surface area contributed by atoms with Gasteiger partial charge in [-0.1, -0.05) is 37.6 Å². The van der Waals surface area contributed by atoms with Crippen molar-refractivity contribution in [3.63, 3.8) is 0 Å². The lowest BCUT2D eigenvalue weighted by Gasteiger charge is -2.21. The van der Waals surface area contributed by atoms with Gasteiger partial charge in [0, 0.05) is 50.0 Å². The summed E-state index contributed by atoms with van der Waals surface area (Å²) in [4.78, 5) is 30.9. The molecule has 2 heterocycles. The van der Waals surface area contributed by atoms with Gasteiger partial charge in [0.05, 0.1) is 23.2 Å². The summed E-state index contributed by atoms with van der Waals surface area (Å²) in [5.41, 5.74) is 1.81. The van der Waals surface area contributed by atoms with Crippen molar-refractivity contribution in [1.29, 1.82) is 5.26 Å². The second-order valence-corrected chi connectivity index (χ2v) is 9.23. The molecule has 3 rings (SSSR count). The molecule has 0 fully saturated rings. The Morgan fingerprint density at radius 2 is 2.08 bits per heavy atom. The van der Waals surface area contributed by atoms with Gasteiger partial charge in [-0.2, -0.15) is 5.26 Å². The number of ether oxygens (including phenoxy) is 1. The van der Waals surface area contributed by atoms with Crippen molar-refractivity contribution in [1.82, 2.24) is 15.2 Å². The van der Waals surface area contributed by atoms with Gasteiger partial charge in [-0.05, 0) is 44.0 Å². The average Bonchev–Trinajstić information content (AvgIpc) is 2.97. The monoisotopic (exact) mass is 511 g/mol. The standard InChI is InChI=1S/C24H29ClN4O3.C3H5N/c1-5-11-32-21-17(7-6-8-19(21)25)15-29(4)20(30)10-9-16-12-18-14-27-24(2,3)23(31)28-22(18)26-13-16;1-2-3-4/h6-10,12-13,27H,5,11,14-15H2,1-4H3,(H,26,28,31);2H2,1H3/b10-9+;. The van der Waals surface area contributed by atoms with Gasteiger partial charge in [0.1, 0.15) is 11.6 Å². The van der Waals surface area contributed by atoms with Crippen molar-refractivity contribution in [2.75, 3.05) is 19.0 Å². The number of pyridine rings is 1. The van der Waals surface area contributed by atoms with E-state index in [-0.39, 0.29) is 11.8 Å². The zero-order valence-electron chi connectivity index (χ0n) is 21.5. The first-order chi connectivity index (χ1) is 17.1. The molecule has 1 aromatic carbocycles. The maximum absolute atomic E-state index is 12.7. The Balaban J connectivity index is 0.00000106. The van der Waals surface area contributed by atoms with E-state index in [0.29, 0.717) is 42.7 Å². The van der Waals surface area contributed by atoms with E-state index in [1.165, 1.54) is 6.08 Å². The Morgan fingerprint density at radius 1 is 1.36 bits per heavy atom. The van der Waals surface area contributed by atoms with Crippen LogP contribution in [0.3, 0.4) is 0 Å². The van der Waals surface area contributed by atoms with Crippen LogP contribution in [-0.4, -0.2) is 40.9 Å². The first kappa shape index (κ1) is 28.8. The van der Waals surface area contributed by atoms with Gasteiger partial charge in [0.2, 0.25) is 11.8 Å². The Morgan fingerprint density at radius 3 is 2.75 bits per heavy atom. The van der Waals surface area contributed by atoms with Crippen LogP contribution in [0.4, 0.5) is 5.82 Å². The van der Waals surface area contributed by atoms with Crippen molar-refractivity contribution in [2.45, 2.75) is 59.2 Å². The molecule has 0 radical (unpaired) electrons. The summed E-state index contributed by atoms with van der Waals surface area (Å²) < 4.78 is 5.78. The molecule has 0 atom stereocenters. The summed E-state index contributed by atoms with van der Waals surface area (Å²) in [6.07, 6.45) is 6.35. The largest absolute Gasteiger partial charge is 0.492 e. The van der Waals surface area contributed by atoms with Gasteiger partial charge in [-0.25, -0.2) is 4.98 Å². The lowest BCUT2D eigenvalue weighted by Crippen LogP contribution is -2.47. The minimum atomic E-state index is -0.685. The number of carbonyl (C=O) groups is 2. The maximum atomic E-state index is 12.7. The number of rotatable bonds is 7. The highest BCUT2D eigenvalue weighted by molar-refractivity contribution is 6.32. The van der Waals surface area contributed by atoms with Gasteiger partial charge in [0.25, 0.3) is 0 Å². The number of aromatic nitrogens is 1. The summed E-state index contributed by atoms with van der Waals surface area (Å²) in [7, 11) is 1.73. The molecule has 0 unspecified atom stereocenters. The molecule has 192 valence electrons. The molecule has 1 aromatic heterocycles. The fourth-order valence-electron chi connectivity index (χ4n) is 3.20. The molecule has 2 aromatic rings. The number of anilines is 1. The first-order valence-corrected chi connectivity index (χ1v) is 12.3. The number of nitrogens with zero attached hydrogens (tertiary/aromatic N) is 3. The molecular weight excluding hydrogens is 478 g/mol. The molecule has 9 heteroatoms. The Labute approximate surface area is 218 Å². The highest BCUT2D eigenvalue weighted by Gasteiger charge is 2.30. The fraction of sp³-hybridized carbons (Fsp3) is 0.407. The number of halogens is 1. The van der Waals surface area contributed by atoms with Crippen LogP contribution >= 0.6 is 11.6 Å². The predicted molar refractivity (Wildman–Crippen MR) is 142 cm³/mol. The highest BCUT2D eigenvalue weighted by Crippen LogP contribution is 2.30. The number of hydrogen-bond donors (Lipinski definition) is 2. The molecule has 1 aliphatic heterocycles. The second-order valence-electron chi connectivity index (χ2n) is 8.82. The number of likely N-dealkylation sites (N-methyl/N-ethyl adjacent to an activating group) is 1. The third kappa shape index (κ3) is 8.08. The molecule has 8 nitrogen and oxygen atoms in total. The number of para-hydroxylation sites is 1. The van der Waals surface area contributed by atoms with Gasteiger partial charge >= 0.3 is 0 Å². The Hall–Kier alpha value is -3.41. The maximum Gasteiger partial charge on any atom is 0.246 e. The third-order valence-corrected chi connectivity index (χ3v) is 5.67. The van der Waals surface area contributed by atoms with Crippen LogP contribution in [0.1, 0.15) is 57.2 Å². The molecule has 2 amide bonds. The van der Waals surface area contributed by atoms with Gasteiger partial charge in [-0.15, -0.1) is 0 Å². The van der Waals surface area contributed by atoms with E-state index in [4.69, 9.17) is 21.6 Å². The summed E-state index contributed by atoms with van der Waals surface area (Å²) in [5, 5.41) is 14.2. The fourth-order valence-corrected chi connectivity index (χ4v) is 3.45. The molecule has 0 saturated heterocycles. The smallest absolute Gasteiger partial charge is 0.246 e. The van der Waals surface area contributed by atoms with Crippen LogP contribution in [0.25, 0.3) is 6.08 Å². The van der Waals surface area contributed by atoms with E-state index >= 15 is 0 Å². The number of carbonyl (C=O) groups excluding carboxylic acids is 2. The van der Waals surface area contributed by atoms with Gasteiger partial charge in [-0.3, -0.25) is 14.9 Å². The summed E-state index contributed by atoms with van der Waals surface area (Å²) in [6.45, 7) is 8.92. The quantitative estimate of drug-likeness (QED) is 0.510. The van der Waals surface area contributed by atoms with Crippen molar-refractivity contribution < 1.29 is 14.3 Å². The predicted octanol–water partition coefficient (Wildman–Crippen LogP) is 4.94. The average molecular weight is 512 g/mol. The number of nitriles is 1. The molecule has 2 N–H and O–H groups in total. The first-order valence-electron chi connectivity index (χ1n) is 11.9. The van der Waals surface area contributed by atoms with Crippen molar-refractivity contribution >= 4 is 35.3 Å². The van der Waals surface area contributed by atoms with Gasteiger partial charge in [0.15, 0.2) is 0 Å². The number of benzene rings is 1. The molecule has 0 bridgehead atoms. The molecular formula is C27H34ClN5O3.